The third-order valence-electron chi connectivity index (χ3n) is 16.1. The molecule has 15 aromatic rings. The van der Waals surface area contributed by atoms with Crippen LogP contribution in [-0.2, 0) is 5.41 Å². The van der Waals surface area contributed by atoms with Gasteiger partial charge in [0.25, 0.3) is 0 Å². The van der Waals surface area contributed by atoms with Crippen molar-refractivity contribution < 1.29 is 0 Å². The van der Waals surface area contributed by atoms with E-state index in [1.807, 2.05) is 0 Å². The summed E-state index contributed by atoms with van der Waals surface area (Å²) in [4.78, 5) is 16.0. The zero-order valence-electron chi connectivity index (χ0n) is 40.6. The number of hydrogen-bond donors (Lipinski definition) is 0. The Balaban J connectivity index is 0.930. The van der Waals surface area contributed by atoms with E-state index in [9.17, 15) is 0 Å². The van der Waals surface area contributed by atoms with E-state index < -0.39 is 0 Å². The lowest BCUT2D eigenvalue weighted by Gasteiger charge is -2.21. The van der Waals surface area contributed by atoms with E-state index in [4.69, 9.17) is 15.0 Å². The second kappa shape index (κ2) is 15.2. The molecule has 0 saturated heterocycles. The standard InChI is InChI=1S/C68H44N6/c1-68(2)55-23-11-7-19-49(55)54-39-47(32-34-56(54)68)72-58-25-13-9-21-52(58)63-60(72)35-36-61-64(63)53-22-10-14-26-59(53)73(61)48-31-33-51-50-20-8-12-24-57(50)74(62(51)40-48)67-70-65(45-29-27-41-15-3-5-17-43(41)37-45)69-66(71-67)46-30-28-42-16-4-6-18-44(42)38-46/h3-40H,1-2H3. The molecule has 1 aliphatic rings. The quantitative estimate of drug-likeness (QED) is 0.173. The molecule has 0 atom stereocenters. The molecule has 16 rings (SSSR count). The molecule has 11 aromatic carbocycles. The zero-order valence-corrected chi connectivity index (χ0v) is 40.6. The van der Waals surface area contributed by atoms with Gasteiger partial charge >= 0.3 is 0 Å². The predicted molar refractivity (Wildman–Crippen MR) is 306 cm³/mol. The minimum absolute atomic E-state index is 0.0658. The maximum atomic E-state index is 5.39. The molecule has 346 valence electrons. The number of hydrogen-bond acceptors (Lipinski definition) is 3. The van der Waals surface area contributed by atoms with Crippen molar-refractivity contribution in [2.75, 3.05) is 0 Å². The van der Waals surface area contributed by atoms with Gasteiger partial charge in [0.1, 0.15) is 0 Å². The van der Waals surface area contributed by atoms with Gasteiger partial charge in [-0.05, 0) is 111 Å². The first-order valence-electron chi connectivity index (χ1n) is 25.4. The van der Waals surface area contributed by atoms with Crippen molar-refractivity contribution in [3.8, 4) is 51.2 Å². The van der Waals surface area contributed by atoms with Gasteiger partial charge in [-0.25, -0.2) is 4.98 Å². The minimum atomic E-state index is -0.0658. The molecular formula is C68H44N6. The lowest BCUT2D eigenvalue weighted by molar-refractivity contribution is 0.660. The van der Waals surface area contributed by atoms with E-state index in [2.05, 4.69) is 258 Å². The van der Waals surface area contributed by atoms with Gasteiger partial charge in [-0.2, -0.15) is 9.97 Å². The Labute approximate surface area is 425 Å². The van der Waals surface area contributed by atoms with Crippen LogP contribution < -0.4 is 0 Å². The van der Waals surface area contributed by atoms with Crippen molar-refractivity contribution in [3.63, 3.8) is 0 Å². The highest BCUT2D eigenvalue weighted by Gasteiger charge is 2.35. The Hall–Kier alpha value is -9.65. The third-order valence-corrected chi connectivity index (χ3v) is 16.1. The summed E-state index contributed by atoms with van der Waals surface area (Å²) in [7, 11) is 0. The summed E-state index contributed by atoms with van der Waals surface area (Å²) < 4.78 is 7.16. The van der Waals surface area contributed by atoms with Crippen molar-refractivity contribution in [2.24, 2.45) is 0 Å². The van der Waals surface area contributed by atoms with Gasteiger partial charge < -0.3 is 9.13 Å². The molecule has 0 amide bonds. The summed E-state index contributed by atoms with van der Waals surface area (Å²) in [5.74, 6) is 1.79. The highest BCUT2D eigenvalue weighted by atomic mass is 15.2. The van der Waals surface area contributed by atoms with Gasteiger partial charge in [0.2, 0.25) is 5.95 Å². The Morgan fingerprint density at radius 1 is 0.311 bits per heavy atom. The minimum Gasteiger partial charge on any atom is -0.309 e. The van der Waals surface area contributed by atoms with E-state index in [0.717, 1.165) is 66.1 Å². The van der Waals surface area contributed by atoms with Crippen LogP contribution in [-0.4, -0.2) is 28.7 Å². The van der Waals surface area contributed by atoms with Crippen LogP contribution in [0.4, 0.5) is 0 Å². The molecule has 74 heavy (non-hydrogen) atoms. The van der Waals surface area contributed by atoms with E-state index >= 15 is 0 Å². The van der Waals surface area contributed by atoms with Gasteiger partial charge in [0.15, 0.2) is 11.6 Å². The van der Waals surface area contributed by atoms with E-state index in [1.54, 1.807) is 0 Å². The molecule has 6 nitrogen and oxygen atoms in total. The highest BCUT2D eigenvalue weighted by Crippen LogP contribution is 2.50. The Morgan fingerprint density at radius 3 is 1.41 bits per heavy atom. The third kappa shape index (κ3) is 5.79. The summed E-state index contributed by atoms with van der Waals surface area (Å²) >= 11 is 0. The molecule has 0 bridgehead atoms. The van der Waals surface area contributed by atoms with Crippen LogP contribution in [0.1, 0.15) is 25.0 Å². The summed E-state index contributed by atoms with van der Waals surface area (Å²) in [5, 5.41) is 11.8. The van der Waals surface area contributed by atoms with Crippen molar-refractivity contribution in [1.29, 1.82) is 0 Å². The fraction of sp³-hybridized carbons (Fsp3) is 0.0441. The van der Waals surface area contributed by atoms with Gasteiger partial charge in [-0.15, -0.1) is 0 Å². The number of fused-ring (bicyclic) bond motifs is 15. The summed E-state index contributed by atoms with van der Waals surface area (Å²) in [5.41, 5.74) is 16.1. The molecule has 4 aromatic heterocycles. The lowest BCUT2D eigenvalue weighted by atomic mass is 9.82. The normalized spacial score (nSPS) is 13.1. The van der Waals surface area contributed by atoms with Crippen LogP contribution in [0.25, 0.3) is 138 Å². The van der Waals surface area contributed by atoms with Crippen molar-refractivity contribution in [2.45, 2.75) is 19.3 Å². The Morgan fingerprint density at radius 2 is 0.784 bits per heavy atom. The molecule has 0 aliphatic heterocycles. The van der Waals surface area contributed by atoms with Crippen LogP contribution in [0, 0.1) is 0 Å². The number of para-hydroxylation sites is 3. The molecule has 1 aliphatic carbocycles. The summed E-state index contributed by atoms with van der Waals surface area (Å²) in [6, 6.07) is 83.7. The number of nitrogens with zero attached hydrogens (tertiary/aromatic N) is 6. The molecular weight excluding hydrogens is 901 g/mol. The van der Waals surface area contributed by atoms with Crippen LogP contribution in [0.5, 0.6) is 0 Å². The Kier molecular flexibility index (Phi) is 8.42. The van der Waals surface area contributed by atoms with Crippen LogP contribution in [0.3, 0.4) is 0 Å². The zero-order chi connectivity index (χ0) is 48.8. The maximum absolute atomic E-state index is 5.39. The SMILES string of the molecule is CC1(C)c2ccccc2-c2cc(-n3c4ccccc4c4c5c6ccccc6n(-c6ccc7c8ccccc8n(-c8nc(-c9ccc%10ccccc%10c9)nc(-c9ccc%10ccccc%10c9)n8)c7c6)c5ccc43)ccc21. The molecule has 0 fully saturated rings. The van der Waals surface area contributed by atoms with E-state index in [-0.39, 0.29) is 5.41 Å². The summed E-state index contributed by atoms with van der Waals surface area (Å²) in [6.07, 6.45) is 0. The van der Waals surface area contributed by atoms with Crippen molar-refractivity contribution >= 4 is 87.0 Å². The molecule has 6 heteroatoms. The first-order chi connectivity index (χ1) is 36.4. The van der Waals surface area contributed by atoms with Gasteiger partial charge in [-0.3, -0.25) is 4.57 Å². The van der Waals surface area contributed by atoms with Gasteiger partial charge in [0, 0.05) is 60.2 Å². The second-order valence-electron chi connectivity index (χ2n) is 20.4. The van der Waals surface area contributed by atoms with Gasteiger partial charge in [-0.1, -0.05) is 178 Å². The second-order valence-corrected chi connectivity index (χ2v) is 20.4. The van der Waals surface area contributed by atoms with Gasteiger partial charge in [0.05, 0.1) is 33.1 Å². The molecule has 0 unspecified atom stereocenters. The lowest BCUT2D eigenvalue weighted by Crippen LogP contribution is -2.14. The van der Waals surface area contributed by atoms with Crippen LogP contribution in [0.15, 0.2) is 231 Å². The molecule has 4 heterocycles. The smallest absolute Gasteiger partial charge is 0.238 e. The number of rotatable bonds is 5. The van der Waals surface area contributed by atoms with Crippen molar-refractivity contribution in [1.82, 2.24) is 28.7 Å². The monoisotopic (exact) mass is 944 g/mol. The van der Waals surface area contributed by atoms with Crippen LogP contribution >= 0.6 is 0 Å². The predicted octanol–water partition coefficient (Wildman–Crippen LogP) is 17.1. The fourth-order valence-electron chi connectivity index (χ4n) is 12.6. The molecule has 0 saturated carbocycles. The maximum Gasteiger partial charge on any atom is 0.238 e. The topological polar surface area (TPSA) is 53.5 Å². The molecule has 0 N–H and O–H groups in total. The van der Waals surface area contributed by atoms with Crippen LogP contribution in [0.2, 0.25) is 0 Å². The fourth-order valence-corrected chi connectivity index (χ4v) is 12.6. The number of aromatic nitrogens is 6. The average Bonchev–Trinajstić information content (AvgIpc) is 4.20. The Bertz CT molecular complexity index is 4790. The largest absolute Gasteiger partial charge is 0.309 e. The summed E-state index contributed by atoms with van der Waals surface area (Å²) in [6.45, 7) is 4.70. The molecule has 0 radical (unpaired) electrons. The number of benzene rings is 11. The first kappa shape index (κ1) is 41.0. The van der Waals surface area contributed by atoms with Crippen molar-refractivity contribution in [3.05, 3.63) is 242 Å². The van der Waals surface area contributed by atoms with E-state index in [1.165, 1.54) is 65.6 Å². The highest BCUT2D eigenvalue weighted by molar-refractivity contribution is 6.29. The first-order valence-corrected chi connectivity index (χ1v) is 25.4. The molecule has 0 spiro atoms. The van der Waals surface area contributed by atoms with E-state index in [0.29, 0.717) is 17.6 Å². The average molecular weight is 945 g/mol.